The van der Waals surface area contributed by atoms with Crippen molar-refractivity contribution in [1.29, 1.82) is 0 Å². The Bertz CT molecular complexity index is 238. The highest BCUT2D eigenvalue weighted by atomic mass is 127. The summed E-state index contributed by atoms with van der Waals surface area (Å²) in [5.74, 6) is 3.37. The lowest BCUT2D eigenvalue weighted by molar-refractivity contribution is -0.138. The molecule has 0 aromatic carbocycles. The molecular formula is C10H13IO. The number of ketones is 1. The summed E-state index contributed by atoms with van der Waals surface area (Å²) in [6.07, 6.45) is 5.10. The fraction of sp³-hybridized carbons (Fsp3) is 0.900. The molecule has 1 nitrogen and oxygen atoms in total. The molecular weight excluding hydrogens is 263 g/mol. The van der Waals surface area contributed by atoms with Crippen molar-refractivity contribution >= 4 is 28.4 Å². The zero-order valence-corrected chi connectivity index (χ0v) is 9.16. The van der Waals surface area contributed by atoms with Gasteiger partial charge in [0.15, 0.2) is 0 Å². The number of hydrogen-bond donors (Lipinski definition) is 0. The zero-order valence-electron chi connectivity index (χ0n) is 7.00. The molecule has 0 saturated heterocycles. The first-order valence-electron chi connectivity index (χ1n) is 4.93. The van der Waals surface area contributed by atoms with Gasteiger partial charge in [-0.3, -0.25) is 4.79 Å². The molecule has 2 heteroatoms. The van der Waals surface area contributed by atoms with Crippen LogP contribution in [0.15, 0.2) is 0 Å². The lowest BCUT2D eigenvalue weighted by Crippen LogP contribution is -2.51. The van der Waals surface area contributed by atoms with Crippen LogP contribution >= 0.6 is 22.6 Å². The van der Waals surface area contributed by atoms with Crippen molar-refractivity contribution in [3.8, 4) is 0 Å². The van der Waals surface area contributed by atoms with Gasteiger partial charge in [-0.1, -0.05) is 22.6 Å². The topological polar surface area (TPSA) is 17.1 Å². The number of carbonyl (C=O) groups excluding carboxylic acids is 1. The zero-order chi connectivity index (χ0) is 8.29. The lowest BCUT2D eigenvalue weighted by Gasteiger charge is -2.51. The normalized spacial score (nSPS) is 56.4. The minimum Gasteiger partial charge on any atom is -0.299 e. The van der Waals surface area contributed by atoms with Crippen molar-refractivity contribution in [3.63, 3.8) is 0 Å². The average Bonchev–Trinajstić information content (AvgIpc) is 2.07. The van der Waals surface area contributed by atoms with Crippen LogP contribution < -0.4 is 0 Å². The summed E-state index contributed by atoms with van der Waals surface area (Å²) >= 11 is 2.52. The third kappa shape index (κ3) is 0.875. The van der Waals surface area contributed by atoms with E-state index in [4.69, 9.17) is 0 Å². The van der Waals surface area contributed by atoms with Crippen molar-refractivity contribution in [2.75, 3.05) is 0 Å². The van der Waals surface area contributed by atoms with Gasteiger partial charge >= 0.3 is 0 Å². The van der Waals surface area contributed by atoms with Gasteiger partial charge in [0.1, 0.15) is 5.78 Å². The van der Waals surface area contributed by atoms with E-state index in [1.54, 1.807) is 0 Å². The summed E-state index contributed by atoms with van der Waals surface area (Å²) < 4.78 is 0.683. The maximum atomic E-state index is 11.8. The Morgan fingerprint density at radius 3 is 2.83 bits per heavy atom. The van der Waals surface area contributed by atoms with E-state index in [1.807, 2.05) is 0 Å². The highest BCUT2D eigenvalue weighted by Gasteiger charge is 2.52. The molecule has 0 spiro atoms. The first kappa shape index (κ1) is 7.77. The van der Waals surface area contributed by atoms with Crippen molar-refractivity contribution < 1.29 is 4.79 Å². The predicted octanol–water partition coefficient (Wildman–Crippen LogP) is 2.43. The Hall–Kier alpha value is 0.400. The van der Waals surface area contributed by atoms with E-state index in [9.17, 15) is 4.79 Å². The van der Waals surface area contributed by atoms with Crippen LogP contribution in [0.4, 0.5) is 0 Å². The molecule has 12 heavy (non-hydrogen) atoms. The Balaban J connectivity index is 1.98. The van der Waals surface area contributed by atoms with Gasteiger partial charge in [0, 0.05) is 15.8 Å². The maximum Gasteiger partial charge on any atom is 0.140 e. The first-order chi connectivity index (χ1) is 5.75. The average molecular weight is 276 g/mol. The molecule has 0 heterocycles. The largest absolute Gasteiger partial charge is 0.299 e. The standard InChI is InChI=1S/C10H13IO/c11-9-6-1-5-2-7(4-6)10(12)8(9)3-5/h5-9H,1-4H2/t5-,6+,7-,8+,9-/m0/s1. The van der Waals surface area contributed by atoms with Gasteiger partial charge in [0.2, 0.25) is 0 Å². The van der Waals surface area contributed by atoms with Gasteiger partial charge in [0.05, 0.1) is 0 Å². The molecule has 4 aliphatic rings. The second-order valence-electron chi connectivity index (χ2n) is 4.72. The van der Waals surface area contributed by atoms with Crippen LogP contribution in [-0.4, -0.2) is 9.71 Å². The van der Waals surface area contributed by atoms with E-state index >= 15 is 0 Å². The number of hydrogen-bond acceptors (Lipinski definition) is 1. The van der Waals surface area contributed by atoms with E-state index in [1.165, 1.54) is 25.7 Å². The van der Waals surface area contributed by atoms with E-state index in [-0.39, 0.29) is 0 Å². The Morgan fingerprint density at radius 1 is 1.17 bits per heavy atom. The third-order valence-electron chi connectivity index (χ3n) is 4.03. The minimum atomic E-state index is 0.460. The van der Waals surface area contributed by atoms with E-state index < -0.39 is 0 Å². The highest BCUT2D eigenvalue weighted by Crippen LogP contribution is 2.54. The first-order valence-corrected chi connectivity index (χ1v) is 6.18. The predicted molar refractivity (Wildman–Crippen MR) is 55.2 cm³/mol. The quantitative estimate of drug-likeness (QED) is 0.490. The Labute approximate surface area is 86.4 Å². The summed E-state index contributed by atoms with van der Waals surface area (Å²) in [6.45, 7) is 0. The fourth-order valence-corrected chi connectivity index (χ4v) is 4.80. The number of Topliss-reactive ketones (excluding diaryl/α,β-unsaturated/α-hetero) is 1. The van der Waals surface area contributed by atoms with Crippen LogP contribution in [0.3, 0.4) is 0 Å². The number of halogens is 1. The Kier molecular flexibility index (Phi) is 1.59. The highest BCUT2D eigenvalue weighted by molar-refractivity contribution is 14.1. The molecule has 4 bridgehead atoms. The van der Waals surface area contributed by atoms with Crippen LogP contribution in [0.25, 0.3) is 0 Å². The van der Waals surface area contributed by atoms with Crippen LogP contribution in [0.2, 0.25) is 0 Å². The van der Waals surface area contributed by atoms with Crippen molar-refractivity contribution in [2.45, 2.75) is 29.6 Å². The lowest BCUT2D eigenvalue weighted by atomic mass is 9.56. The summed E-state index contributed by atoms with van der Waals surface area (Å²) in [5.41, 5.74) is 0. The molecule has 0 radical (unpaired) electrons. The smallest absolute Gasteiger partial charge is 0.140 e. The number of rotatable bonds is 0. The van der Waals surface area contributed by atoms with Gasteiger partial charge in [-0.25, -0.2) is 0 Å². The molecule has 4 rings (SSSR count). The van der Waals surface area contributed by atoms with Crippen LogP contribution in [0, 0.1) is 23.7 Å². The van der Waals surface area contributed by atoms with Crippen molar-refractivity contribution in [3.05, 3.63) is 0 Å². The molecule has 0 aromatic heterocycles. The summed E-state index contributed by atoms with van der Waals surface area (Å²) in [5, 5.41) is 0. The Morgan fingerprint density at radius 2 is 2.00 bits per heavy atom. The number of alkyl halides is 1. The van der Waals surface area contributed by atoms with Crippen LogP contribution in [-0.2, 0) is 4.79 Å². The van der Waals surface area contributed by atoms with E-state index in [0.29, 0.717) is 21.5 Å². The molecule has 0 unspecified atom stereocenters. The molecule has 4 fully saturated rings. The molecule has 66 valence electrons. The van der Waals surface area contributed by atoms with Gasteiger partial charge in [-0.15, -0.1) is 0 Å². The van der Waals surface area contributed by atoms with E-state index in [2.05, 4.69) is 22.6 Å². The number of carbonyl (C=O) groups is 1. The van der Waals surface area contributed by atoms with Crippen molar-refractivity contribution in [2.24, 2.45) is 23.7 Å². The summed E-state index contributed by atoms with van der Waals surface area (Å²) in [4.78, 5) is 11.8. The summed E-state index contributed by atoms with van der Waals surface area (Å²) in [7, 11) is 0. The molecule has 5 atom stereocenters. The molecule has 0 aliphatic heterocycles. The third-order valence-corrected chi connectivity index (χ3v) is 5.92. The SMILES string of the molecule is O=C1[C@H]2C[C@@H]3C[C@H](C2)[C@H](I)[C@H]1C3. The summed E-state index contributed by atoms with van der Waals surface area (Å²) in [6, 6.07) is 0. The van der Waals surface area contributed by atoms with Gasteiger partial charge < -0.3 is 0 Å². The van der Waals surface area contributed by atoms with Crippen LogP contribution in [0.1, 0.15) is 25.7 Å². The second-order valence-corrected chi connectivity index (χ2v) is 6.16. The van der Waals surface area contributed by atoms with Crippen molar-refractivity contribution in [1.82, 2.24) is 0 Å². The van der Waals surface area contributed by atoms with E-state index in [0.717, 1.165) is 11.8 Å². The van der Waals surface area contributed by atoms with Crippen LogP contribution in [0.5, 0.6) is 0 Å². The molecule has 0 N–H and O–H groups in total. The molecule has 0 amide bonds. The maximum absolute atomic E-state index is 11.8. The monoisotopic (exact) mass is 276 g/mol. The molecule has 4 saturated carbocycles. The van der Waals surface area contributed by atoms with Gasteiger partial charge in [0.25, 0.3) is 0 Å². The fourth-order valence-electron chi connectivity index (χ4n) is 3.56. The second kappa shape index (κ2) is 2.46. The van der Waals surface area contributed by atoms with Gasteiger partial charge in [-0.05, 0) is 37.5 Å². The minimum absolute atomic E-state index is 0.460. The molecule has 4 aliphatic carbocycles. The molecule has 0 aromatic rings. The van der Waals surface area contributed by atoms with Gasteiger partial charge in [-0.2, -0.15) is 0 Å².